The van der Waals surface area contributed by atoms with Crippen molar-refractivity contribution in [3.05, 3.63) is 47.5 Å². The molecule has 0 radical (unpaired) electrons. The Morgan fingerprint density at radius 2 is 1.64 bits per heavy atom. The number of likely N-dealkylation sites (N-methyl/N-ethyl adjacent to an activating group) is 1. The van der Waals surface area contributed by atoms with Crippen LogP contribution in [0.2, 0.25) is 0 Å². The summed E-state index contributed by atoms with van der Waals surface area (Å²) in [7, 11) is 4.23. The highest BCUT2D eigenvalue weighted by atomic mass is 16.5. The monoisotopic (exact) mass is 542 g/mol. The first-order valence-electron chi connectivity index (χ1n) is 12.9. The molecule has 0 saturated heterocycles. The number of hydrogen-bond donors (Lipinski definition) is 3. The average Bonchev–Trinajstić information content (AvgIpc) is 2.93. The van der Waals surface area contributed by atoms with E-state index in [0.29, 0.717) is 12.2 Å². The van der Waals surface area contributed by atoms with E-state index in [-0.39, 0.29) is 40.8 Å². The number of phenolic OH excluding ortho intramolecular Hbond substituents is 1. The molecule has 0 saturated carbocycles. The summed E-state index contributed by atoms with van der Waals surface area (Å²) < 4.78 is 15.8. The molecule has 2 aromatic rings. The smallest absolute Gasteiger partial charge is 0.337 e. The number of unbranched alkanes of at least 4 members (excludes halogenated alkanes) is 5. The lowest BCUT2D eigenvalue weighted by Gasteiger charge is -2.23. The Morgan fingerprint density at radius 1 is 1.00 bits per heavy atom. The zero-order valence-corrected chi connectivity index (χ0v) is 23.0. The Balaban J connectivity index is 2.12. The topological polar surface area (TPSA) is 135 Å². The van der Waals surface area contributed by atoms with Crippen molar-refractivity contribution in [2.24, 2.45) is 0 Å². The molecule has 2 amide bonds. The molecule has 10 nitrogen and oxygen atoms in total. The number of carbonyl (C=O) groups is 3. The number of anilines is 2. The maximum atomic E-state index is 12.8. The molecule has 0 aliphatic rings. The average molecular weight is 543 g/mol. The summed E-state index contributed by atoms with van der Waals surface area (Å²) >= 11 is 0. The van der Waals surface area contributed by atoms with Crippen LogP contribution in [0.3, 0.4) is 0 Å². The van der Waals surface area contributed by atoms with E-state index >= 15 is 0 Å². The number of para-hydroxylation sites is 1. The minimum absolute atomic E-state index is 0.0490. The summed E-state index contributed by atoms with van der Waals surface area (Å²) in [6, 6.07) is 7.40. The van der Waals surface area contributed by atoms with E-state index in [1.54, 1.807) is 0 Å². The number of carboxylic acid groups (broad SMARTS) is 1. The highest BCUT2D eigenvalue weighted by Gasteiger charge is 2.23. The van der Waals surface area contributed by atoms with Gasteiger partial charge in [0.2, 0.25) is 11.7 Å². The second kappa shape index (κ2) is 16.0. The minimum atomic E-state index is -1.24. The van der Waals surface area contributed by atoms with Gasteiger partial charge in [-0.1, -0.05) is 45.1 Å². The third kappa shape index (κ3) is 9.33. The van der Waals surface area contributed by atoms with E-state index < -0.39 is 17.8 Å². The van der Waals surface area contributed by atoms with E-state index in [0.717, 1.165) is 19.3 Å². The molecule has 0 aliphatic carbocycles. The molecule has 39 heavy (non-hydrogen) atoms. The SMILES string of the molecule is CCCCCCCCOCC(=O)N(C)c1c(NC(=O)/C=C/c2cc(OC)c(O)c(OC)c2)cccc1C(=O)O. The second-order valence-corrected chi connectivity index (χ2v) is 8.88. The third-order valence-corrected chi connectivity index (χ3v) is 6.03. The summed E-state index contributed by atoms with van der Waals surface area (Å²) in [4.78, 5) is 38.7. The lowest BCUT2D eigenvalue weighted by Crippen LogP contribution is -2.32. The van der Waals surface area contributed by atoms with Crippen LogP contribution in [-0.4, -0.2) is 62.5 Å². The molecule has 0 atom stereocenters. The van der Waals surface area contributed by atoms with E-state index in [1.165, 1.54) is 87.9 Å². The van der Waals surface area contributed by atoms with E-state index in [1.807, 2.05) is 0 Å². The van der Waals surface area contributed by atoms with Crippen LogP contribution in [0.15, 0.2) is 36.4 Å². The highest BCUT2D eigenvalue weighted by molar-refractivity contribution is 6.10. The first-order valence-corrected chi connectivity index (χ1v) is 12.9. The molecule has 0 spiro atoms. The van der Waals surface area contributed by atoms with Gasteiger partial charge < -0.3 is 34.6 Å². The van der Waals surface area contributed by atoms with Gasteiger partial charge in [0.25, 0.3) is 5.91 Å². The van der Waals surface area contributed by atoms with Gasteiger partial charge in [0.1, 0.15) is 6.61 Å². The van der Waals surface area contributed by atoms with Crippen molar-refractivity contribution in [2.45, 2.75) is 45.4 Å². The van der Waals surface area contributed by atoms with Crippen LogP contribution < -0.4 is 19.7 Å². The number of nitrogens with one attached hydrogen (secondary N) is 1. The summed E-state index contributed by atoms with van der Waals surface area (Å²) in [6.45, 7) is 2.39. The fourth-order valence-corrected chi connectivity index (χ4v) is 3.90. The number of aromatic carboxylic acids is 1. The van der Waals surface area contributed by atoms with Gasteiger partial charge in [-0.25, -0.2) is 4.79 Å². The molecular formula is C29H38N2O8. The van der Waals surface area contributed by atoms with Gasteiger partial charge in [0.05, 0.1) is 31.2 Å². The van der Waals surface area contributed by atoms with Crippen molar-refractivity contribution in [1.29, 1.82) is 0 Å². The van der Waals surface area contributed by atoms with Gasteiger partial charge in [-0.15, -0.1) is 0 Å². The van der Waals surface area contributed by atoms with Crippen molar-refractivity contribution in [1.82, 2.24) is 0 Å². The lowest BCUT2D eigenvalue weighted by molar-refractivity contribution is -0.122. The number of benzene rings is 2. The quantitative estimate of drug-likeness (QED) is 0.197. The predicted molar refractivity (Wildman–Crippen MR) is 150 cm³/mol. The van der Waals surface area contributed by atoms with Crippen molar-refractivity contribution in [3.8, 4) is 17.2 Å². The Labute approximate surface area is 229 Å². The molecule has 2 rings (SSSR count). The summed E-state index contributed by atoms with van der Waals surface area (Å²) in [5.74, 6) is -2.07. The maximum Gasteiger partial charge on any atom is 0.337 e. The van der Waals surface area contributed by atoms with Gasteiger partial charge in [-0.2, -0.15) is 0 Å². The molecule has 0 heterocycles. The number of nitrogens with zero attached hydrogens (tertiary/aromatic N) is 1. The maximum absolute atomic E-state index is 12.8. The molecule has 0 aromatic heterocycles. The van der Waals surface area contributed by atoms with Crippen LogP contribution in [0.5, 0.6) is 17.2 Å². The molecule has 0 bridgehead atoms. The number of amides is 2. The Hall–Kier alpha value is -4.05. The van der Waals surface area contributed by atoms with Gasteiger partial charge in [-0.3, -0.25) is 9.59 Å². The van der Waals surface area contributed by atoms with Crippen LogP contribution in [0.1, 0.15) is 61.4 Å². The number of phenols is 1. The number of carbonyl (C=O) groups excluding carboxylic acids is 2. The first kappa shape index (κ1) is 31.2. The predicted octanol–water partition coefficient (Wildman–Crippen LogP) is 5.10. The van der Waals surface area contributed by atoms with E-state index in [4.69, 9.17) is 14.2 Å². The van der Waals surface area contributed by atoms with Gasteiger partial charge in [0, 0.05) is 19.7 Å². The van der Waals surface area contributed by atoms with Gasteiger partial charge in [0.15, 0.2) is 11.5 Å². The molecule has 0 aliphatic heterocycles. The fourth-order valence-electron chi connectivity index (χ4n) is 3.90. The van der Waals surface area contributed by atoms with Gasteiger partial charge >= 0.3 is 5.97 Å². The standard InChI is InChI=1S/C29H38N2O8/c1-5-6-7-8-9-10-16-39-19-26(33)31(2)27-21(29(35)36)12-11-13-22(27)30-25(32)15-14-20-17-23(37-3)28(34)24(18-20)38-4/h11-15,17-18,34H,5-10,16,19H2,1-4H3,(H,30,32)(H,35,36)/b15-14+. The van der Waals surface area contributed by atoms with Crippen molar-refractivity contribution in [3.63, 3.8) is 0 Å². The van der Waals surface area contributed by atoms with Crippen molar-refractivity contribution in [2.75, 3.05) is 44.7 Å². The summed E-state index contributed by atoms with van der Waals surface area (Å²) in [6.07, 6.45) is 9.28. The molecular weight excluding hydrogens is 504 g/mol. The number of hydrogen-bond acceptors (Lipinski definition) is 7. The number of aromatic hydroxyl groups is 1. The molecule has 212 valence electrons. The van der Waals surface area contributed by atoms with Crippen molar-refractivity contribution >= 4 is 35.2 Å². The molecule has 0 fully saturated rings. The Kier molecular flexibility index (Phi) is 12.8. The largest absolute Gasteiger partial charge is 0.502 e. The van der Waals surface area contributed by atoms with Crippen molar-refractivity contribution < 1.29 is 38.8 Å². The normalized spacial score (nSPS) is 10.9. The summed E-state index contributed by atoms with van der Waals surface area (Å²) in [5.41, 5.74) is 0.576. The number of ether oxygens (including phenoxy) is 3. The highest BCUT2D eigenvalue weighted by Crippen LogP contribution is 2.37. The molecule has 3 N–H and O–H groups in total. The number of carboxylic acids is 1. The van der Waals surface area contributed by atoms with Crippen LogP contribution in [0.4, 0.5) is 11.4 Å². The Morgan fingerprint density at radius 3 is 2.26 bits per heavy atom. The zero-order chi connectivity index (χ0) is 28.8. The van der Waals surface area contributed by atoms with Crippen LogP contribution >= 0.6 is 0 Å². The number of rotatable bonds is 16. The molecule has 0 unspecified atom stereocenters. The third-order valence-electron chi connectivity index (χ3n) is 6.03. The second-order valence-electron chi connectivity index (χ2n) is 8.88. The zero-order valence-electron chi connectivity index (χ0n) is 23.0. The van der Waals surface area contributed by atoms with Crippen LogP contribution in [-0.2, 0) is 14.3 Å². The lowest BCUT2D eigenvalue weighted by atomic mass is 10.1. The molecule has 10 heteroatoms. The van der Waals surface area contributed by atoms with Crippen LogP contribution in [0, 0.1) is 0 Å². The summed E-state index contributed by atoms with van der Waals surface area (Å²) in [5, 5.41) is 22.4. The first-order chi connectivity index (χ1) is 18.7. The minimum Gasteiger partial charge on any atom is -0.502 e. The van der Waals surface area contributed by atoms with E-state index in [2.05, 4.69) is 12.2 Å². The molecule has 2 aromatic carbocycles. The fraction of sp³-hybridized carbons (Fsp3) is 0.414. The number of methoxy groups -OCH3 is 2. The van der Waals surface area contributed by atoms with Gasteiger partial charge in [-0.05, 0) is 42.3 Å². The van der Waals surface area contributed by atoms with Crippen LogP contribution in [0.25, 0.3) is 6.08 Å². The van der Waals surface area contributed by atoms with E-state index in [9.17, 15) is 24.6 Å². The Bertz CT molecular complexity index is 1140.